The number of ether oxygens (including phenoxy) is 2. The first-order valence-corrected chi connectivity index (χ1v) is 13.4. The molecule has 0 aliphatic carbocycles. The Morgan fingerprint density at radius 3 is 2.13 bits per heavy atom. The zero-order chi connectivity index (χ0) is 27.9. The third-order valence-electron chi connectivity index (χ3n) is 6.15. The fourth-order valence-corrected chi connectivity index (χ4v) is 5.35. The van der Waals surface area contributed by atoms with Gasteiger partial charge in [0, 0.05) is 19.7 Å². The van der Waals surface area contributed by atoms with Crippen LogP contribution in [0.1, 0.15) is 18.1 Å². The van der Waals surface area contributed by atoms with Gasteiger partial charge in [-0.25, -0.2) is 8.42 Å². The van der Waals surface area contributed by atoms with Gasteiger partial charge < -0.3 is 19.7 Å². The van der Waals surface area contributed by atoms with Crippen molar-refractivity contribution in [2.75, 3.05) is 32.1 Å². The number of carbonyl (C=O) groups is 2. The van der Waals surface area contributed by atoms with E-state index in [0.29, 0.717) is 11.4 Å². The number of likely N-dealkylation sites (N-methyl/N-ethyl adjacent to an activating group) is 1. The second-order valence-corrected chi connectivity index (χ2v) is 10.5. The molecule has 9 nitrogen and oxygen atoms in total. The first kappa shape index (κ1) is 28.5. The van der Waals surface area contributed by atoms with Crippen LogP contribution in [0.5, 0.6) is 11.5 Å². The van der Waals surface area contributed by atoms with Gasteiger partial charge in [-0.2, -0.15) is 0 Å². The van der Waals surface area contributed by atoms with Crippen molar-refractivity contribution in [1.82, 2.24) is 10.2 Å². The first-order chi connectivity index (χ1) is 18.1. The lowest BCUT2D eigenvalue weighted by atomic mass is 10.1. The highest BCUT2D eigenvalue weighted by molar-refractivity contribution is 7.92. The van der Waals surface area contributed by atoms with E-state index < -0.39 is 28.5 Å². The van der Waals surface area contributed by atoms with Crippen LogP contribution in [0.4, 0.5) is 5.69 Å². The van der Waals surface area contributed by atoms with Crippen molar-refractivity contribution in [2.45, 2.75) is 31.3 Å². The second kappa shape index (κ2) is 12.5. The molecule has 0 aliphatic heterocycles. The van der Waals surface area contributed by atoms with E-state index in [1.54, 1.807) is 31.2 Å². The normalized spacial score (nSPS) is 11.8. The van der Waals surface area contributed by atoms with Crippen LogP contribution < -0.4 is 19.1 Å². The van der Waals surface area contributed by atoms with Crippen molar-refractivity contribution >= 4 is 27.5 Å². The van der Waals surface area contributed by atoms with Gasteiger partial charge in [0.25, 0.3) is 10.0 Å². The minimum absolute atomic E-state index is 0.0718. The molecule has 0 spiro atoms. The molecule has 0 heterocycles. The third-order valence-corrected chi connectivity index (χ3v) is 7.92. The molecule has 0 fully saturated rings. The number of benzene rings is 3. The summed E-state index contributed by atoms with van der Waals surface area (Å²) in [6, 6.07) is 19.5. The molecule has 202 valence electrons. The summed E-state index contributed by atoms with van der Waals surface area (Å²) in [6.45, 7) is 3.10. The van der Waals surface area contributed by atoms with E-state index in [-0.39, 0.29) is 23.1 Å². The van der Waals surface area contributed by atoms with Crippen molar-refractivity contribution in [3.05, 3.63) is 83.9 Å². The number of hydrogen-bond donors (Lipinski definition) is 1. The second-order valence-electron chi connectivity index (χ2n) is 8.66. The van der Waals surface area contributed by atoms with Gasteiger partial charge >= 0.3 is 0 Å². The monoisotopic (exact) mass is 539 g/mol. The summed E-state index contributed by atoms with van der Waals surface area (Å²) in [7, 11) is 0.133. The topological polar surface area (TPSA) is 105 Å². The summed E-state index contributed by atoms with van der Waals surface area (Å²) < 4.78 is 39.5. The summed E-state index contributed by atoms with van der Waals surface area (Å²) >= 11 is 0. The molecule has 0 aliphatic rings. The van der Waals surface area contributed by atoms with Gasteiger partial charge in [0.1, 0.15) is 12.6 Å². The number of anilines is 1. The Kier molecular flexibility index (Phi) is 9.35. The van der Waals surface area contributed by atoms with Gasteiger partial charge in [0.2, 0.25) is 11.8 Å². The molecule has 3 aromatic carbocycles. The minimum Gasteiger partial charge on any atom is -0.493 e. The third kappa shape index (κ3) is 6.44. The quantitative estimate of drug-likeness (QED) is 0.401. The molecule has 3 aromatic rings. The van der Waals surface area contributed by atoms with Gasteiger partial charge in [0.15, 0.2) is 11.5 Å². The predicted octanol–water partition coefficient (Wildman–Crippen LogP) is 3.37. The molecule has 0 bridgehead atoms. The lowest BCUT2D eigenvalue weighted by Crippen LogP contribution is -2.50. The Bertz CT molecular complexity index is 1360. The van der Waals surface area contributed by atoms with Gasteiger partial charge in [-0.15, -0.1) is 0 Å². The molecular formula is C28H33N3O6S. The molecule has 10 heteroatoms. The van der Waals surface area contributed by atoms with Crippen LogP contribution in [0.15, 0.2) is 77.7 Å². The molecule has 1 atom stereocenters. The maximum atomic E-state index is 13.9. The Morgan fingerprint density at radius 1 is 0.921 bits per heavy atom. The van der Waals surface area contributed by atoms with E-state index in [2.05, 4.69) is 5.32 Å². The van der Waals surface area contributed by atoms with E-state index in [1.807, 2.05) is 37.3 Å². The van der Waals surface area contributed by atoms with Crippen molar-refractivity contribution in [3.8, 4) is 11.5 Å². The number of methoxy groups -OCH3 is 2. The van der Waals surface area contributed by atoms with Crippen LogP contribution in [-0.2, 0) is 26.2 Å². The molecule has 38 heavy (non-hydrogen) atoms. The SMILES string of the molecule is CNC(=O)[C@@H](C)N(Cc1ccccc1)C(=O)CN(c1ccc(C)cc1)S(=O)(=O)c1ccc(OC)c(OC)c1. The number of nitrogens with one attached hydrogen (secondary N) is 1. The highest BCUT2D eigenvalue weighted by Gasteiger charge is 2.32. The van der Waals surface area contributed by atoms with Gasteiger partial charge in [-0.3, -0.25) is 13.9 Å². The van der Waals surface area contributed by atoms with E-state index in [1.165, 1.54) is 44.4 Å². The van der Waals surface area contributed by atoms with Crippen LogP contribution in [0, 0.1) is 6.92 Å². The lowest BCUT2D eigenvalue weighted by Gasteiger charge is -2.31. The highest BCUT2D eigenvalue weighted by atomic mass is 32.2. The molecule has 0 saturated carbocycles. The summed E-state index contributed by atoms with van der Waals surface area (Å²) in [6.07, 6.45) is 0. The predicted molar refractivity (Wildman–Crippen MR) is 146 cm³/mol. The van der Waals surface area contributed by atoms with Crippen molar-refractivity contribution in [3.63, 3.8) is 0 Å². The van der Waals surface area contributed by atoms with E-state index >= 15 is 0 Å². The van der Waals surface area contributed by atoms with E-state index in [0.717, 1.165) is 15.4 Å². The van der Waals surface area contributed by atoms with Gasteiger partial charge in [0.05, 0.1) is 24.8 Å². The molecule has 0 saturated heterocycles. The van der Waals surface area contributed by atoms with Crippen molar-refractivity contribution in [1.29, 1.82) is 0 Å². The number of rotatable bonds is 11. The summed E-state index contributed by atoms with van der Waals surface area (Å²) in [5.74, 6) is -0.283. The number of nitrogens with zero attached hydrogens (tertiary/aromatic N) is 2. The van der Waals surface area contributed by atoms with Crippen molar-refractivity contribution < 1.29 is 27.5 Å². The Balaban J connectivity index is 2.06. The van der Waals surface area contributed by atoms with Crippen molar-refractivity contribution in [2.24, 2.45) is 0 Å². The molecular weight excluding hydrogens is 506 g/mol. The van der Waals surface area contributed by atoms with E-state index in [4.69, 9.17) is 9.47 Å². The van der Waals surface area contributed by atoms with Crippen LogP contribution in [0.3, 0.4) is 0 Å². The largest absolute Gasteiger partial charge is 0.493 e. The first-order valence-electron chi connectivity index (χ1n) is 12.0. The molecule has 0 aromatic heterocycles. The number of carbonyl (C=O) groups excluding carboxylic acids is 2. The molecule has 0 unspecified atom stereocenters. The summed E-state index contributed by atoms with van der Waals surface area (Å²) in [5, 5.41) is 2.57. The summed E-state index contributed by atoms with van der Waals surface area (Å²) in [5.41, 5.74) is 2.05. The molecule has 1 N–H and O–H groups in total. The molecule has 2 amide bonds. The minimum atomic E-state index is -4.23. The lowest BCUT2D eigenvalue weighted by molar-refractivity contribution is -0.139. The average molecular weight is 540 g/mol. The van der Waals surface area contributed by atoms with Gasteiger partial charge in [-0.05, 0) is 43.7 Å². The molecule has 3 rings (SSSR count). The standard InChI is InChI=1S/C28H33N3O6S/c1-20-11-13-23(14-12-20)31(38(34,35)24-15-16-25(36-4)26(17-24)37-5)19-27(32)30(21(2)28(33)29-3)18-22-9-7-6-8-10-22/h6-17,21H,18-19H2,1-5H3,(H,29,33)/t21-/m1/s1. The van der Waals surface area contributed by atoms with Crippen LogP contribution in [0.2, 0.25) is 0 Å². The fourth-order valence-electron chi connectivity index (χ4n) is 3.92. The number of sulfonamides is 1. The van der Waals surface area contributed by atoms with Crippen LogP contribution in [0.25, 0.3) is 0 Å². The van der Waals surface area contributed by atoms with Crippen LogP contribution >= 0.6 is 0 Å². The average Bonchev–Trinajstić information content (AvgIpc) is 2.94. The number of amides is 2. The van der Waals surface area contributed by atoms with Crippen LogP contribution in [-0.4, -0.2) is 59.0 Å². The maximum Gasteiger partial charge on any atom is 0.264 e. The number of aryl methyl sites for hydroxylation is 1. The zero-order valence-corrected chi connectivity index (χ0v) is 23.0. The Morgan fingerprint density at radius 2 is 1.55 bits per heavy atom. The maximum absolute atomic E-state index is 13.9. The smallest absolute Gasteiger partial charge is 0.264 e. The zero-order valence-electron chi connectivity index (χ0n) is 22.2. The Hall–Kier alpha value is -4.05. The molecule has 0 radical (unpaired) electrons. The fraction of sp³-hybridized carbons (Fsp3) is 0.286. The highest BCUT2D eigenvalue weighted by Crippen LogP contribution is 2.32. The van der Waals surface area contributed by atoms with Gasteiger partial charge in [-0.1, -0.05) is 48.0 Å². The number of hydrogen-bond acceptors (Lipinski definition) is 6. The summed E-state index contributed by atoms with van der Waals surface area (Å²) in [4.78, 5) is 27.6. The Labute approximate surface area is 224 Å². The van der Waals surface area contributed by atoms with E-state index in [9.17, 15) is 18.0 Å².